The van der Waals surface area contributed by atoms with Crippen LogP contribution < -0.4 is 4.74 Å². The summed E-state index contributed by atoms with van der Waals surface area (Å²) in [5.41, 5.74) is 0.543. The number of benzene rings is 2. The molecule has 0 bridgehead atoms. The molecule has 98 valence electrons. The second-order valence-corrected chi connectivity index (χ2v) is 4.75. The summed E-state index contributed by atoms with van der Waals surface area (Å²) in [6, 6.07) is 8.38. The first-order valence-corrected chi connectivity index (χ1v) is 6.21. The summed E-state index contributed by atoms with van der Waals surface area (Å²) in [7, 11) is 0. The molecule has 0 aliphatic carbocycles. The molecule has 0 amide bonds. The number of rotatable bonds is 4. The minimum Gasteiger partial charge on any atom is -0.486 e. The van der Waals surface area contributed by atoms with Crippen LogP contribution in [0, 0.1) is 11.6 Å². The second kappa shape index (κ2) is 5.93. The highest BCUT2D eigenvalue weighted by atomic mass is 79.9. The first kappa shape index (κ1) is 13.7. The van der Waals surface area contributed by atoms with Crippen molar-refractivity contribution < 1.29 is 18.3 Å². The number of carbonyl (C=O) groups excluding carboxylic acids is 1. The van der Waals surface area contributed by atoms with Crippen LogP contribution in [0.15, 0.2) is 40.9 Å². The summed E-state index contributed by atoms with van der Waals surface area (Å²) in [4.78, 5) is 10.5. The van der Waals surface area contributed by atoms with E-state index in [1.54, 1.807) is 12.1 Å². The largest absolute Gasteiger partial charge is 0.486 e. The standard InChI is InChI=1S/C14H9BrF2O2/c15-11-3-2-10(12(16)6-11)8-19-14-4-1-9(7-18)5-13(14)17/h1-7H,8H2. The molecular weight excluding hydrogens is 318 g/mol. The first-order valence-electron chi connectivity index (χ1n) is 5.41. The molecule has 0 aliphatic heterocycles. The van der Waals surface area contributed by atoms with E-state index in [0.717, 1.165) is 6.07 Å². The van der Waals surface area contributed by atoms with Crippen molar-refractivity contribution >= 4 is 22.2 Å². The molecule has 0 heterocycles. The molecule has 0 radical (unpaired) electrons. The van der Waals surface area contributed by atoms with Gasteiger partial charge in [0.2, 0.25) is 0 Å². The zero-order chi connectivity index (χ0) is 13.8. The van der Waals surface area contributed by atoms with Crippen LogP contribution >= 0.6 is 15.9 Å². The molecule has 2 rings (SSSR count). The van der Waals surface area contributed by atoms with E-state index in [2.05, 4.69) is 15.9 Å². The molecule has 0 saturated heterocycles. The van der Waals surface area contributed by atoms with Crippen molar-refractivity contribution in [3.63, 3.8) is 0 Å². The summed E-state index contributed by atoms with van der Waals surface area (Å²) < 4.78 is 32.9. The second-order valence-electron chi connectivity index (χ2n) is 3.83. The van der Waals surface area contributed by atoms with Crippen molar-refractivity contribution in [2.24, 2.45) is 0 Å². The quantitative estimate of drug-likeness (QED) is 0.790. The Bertz CT molecular complexity index is 614. The van der Waals surface area contributed by atoms with Gasteiger partial charge in [0.15, 0.2) is 11.6 Å². The molecule has 2 aromatic rings. The van der Waals surface area contributed by atoms with E-state index in [1.165, 1.54) is 18.2 Å². The molecule has 0 saturated carbocycles. The lowest BCUT2D eigenvalue weighted by Gasteiger charge is -2.08. The van der Waals surface area contributed by atoms with E-state index in [-0.39, 0.29) is 17.9 Å². The maximum Gasteiger partial charge on any atom is 0.165 e. The third kappa shape index (κ3) is 3.38. The van der Waals surface area contributed by atoms with Gasteiger partial charge in [-0.05, 0) is 30.3 Å². The van der Waals surface area contributed by atoms with Crippen LogP contribution in [0.5, 0.6) is 5.75 Å². The third-order valence-electron chi connectivity index (χ3n) is 2.49. The van der Waals surface area contributed by atoms with Crippen molar-refractivity contribution in [3.05, 3.63) is 63.6 Å². The summed E-state index contributed by atoms with van der Waals surface area (Å²) in [5.74, 6) is -1.10. The highest BCUT2D eigenvalue weighted by Crippen LogP contribution is 2.21. The van der Waals surface area contributed by atoms with E-state index in [0.29, 0.717) is 16.3 Å². The Morgan fingerprint density at radius 1 is 1.11 bits per heavy atom. The number of ether oxygens (including phenoxy) is 1. The fourth-order valence-corrected chi connectivity index (χ4v) is 1.83. The van der Waals surface area contributed by atoms with E-state index in [1.807, 2.05) is 0 Å². The molecular formula is C14H9BrF2O2. The van der Waals surface area contributed by atoms with Gasteiger partial charge in [-0.3, -0.25) is 4.79 Å². The van der Waals surface area contributed by atoms with Crippen LogP contribution in [-0.2, 0) is 6.61 Å². The minimum atomic E-state index is -0.651. The van der Waals surface area contributed by atoms with Gasteiger partial charge in [0.25, 0.3) is 0 Å². The fraction of sp³-hybridized carbons (Fsp3) is 0.0714. The van der Waals surface area contributed by atoms with Gasteiger partial charge >= 0.3 is 0 Å². The maximum atomic E-state index is 13.5. The van der Waals surface area contributed by atoms with Crippen molar-refractivity contribution in [1.82, 2.24) is 0 Å². The van der Waals surface area contributed by atoms with Crippen LogP contribution in [0.3, 0.4) is 0 Å². The predicted molar refractivity (Wildman–Crippen MR) is 70.2 cm³/mol. The Balaban J connectivity index is 2.12. The normalized spacial score (nSPS) is 10.3. The van der Waals surface area contributed by atoms with Gasteiger partial charge in [0, 0.05) is 15.6 Å². The van der Waals surface area contributed by atoms with Crippen LogP contribution in [0.1, 0.15) is 15.9 Å². The lowest BCUT2D eigenvalue weighted by molar-refractivity contribution is 0.112. The van der Waals surface area contributed by atoms with Crippen LogP contribution in [0.4, 0.5) is 8.78 Å². The Kier molecular flexibility index (Phi) is 4.27. The maximum absolute atomic E-state index is 13.5. The molecule has 0 fully saturated rings. The minimum absolute atomic E-state index is 0.0204. The SMILES string of the molecule is O=Cc1ccc(OCc2ccc(Br)cc2F)c(F)c1. The molecule has 19 heavy (non-hydrogen) atoms. The van der Waals surface area contributed by atoms with Crippen LogP contribution in [0.25, 0.3) is 0 Å². The third-order valence-corrected chi connectivity index (χ3v) is 2.98. The molecule has 0 aliphatic rings. The smallest absolute Gasteiger partial charge is 0.165 e. The summed E-state index contributed by atoms with van der Waals surface area (Å²) >= 11 is 3.15. The summed E-state index contributed by atoms with van der Waals surface area (Å²) in [6.07, 6.45) is 0.543. The first-order chi connectivity index (χ1) is 9.10. The van der Waals surface area contributed by atoms with E-state index in [4.69, 9.17) is 4.74 Å². The fourth-order valence-electron chi connectivity index (χ4n) is 1.50. The number of carbonyl (C=O) groups is 1. The molecule has 0 N–H and O–H groups in total. The Hall–Kier alpha value is -1.75. The average molecular weight is 327 g/mol. The number of hydrogen-bond donors (Lipinski definition) is 0. The Morgan fingerprint density at radius 3 is 2.53 bits per heavy atom. The van der Waals surface area contributed by atoms with Gasteiger partial charge in [-0.25, -0.2) is 8.78 Å². The zero-order valence-electron chi connectivity index (χ0n) is 9.70. The van der Waals surface area contributed by atoms with Crippen molar-refractivity contribution in [2.45, 2.75) is 6.61 Å². The molecule has 0 aromatic heterocycles. The van der Waals surface area contributed by atoms with Crippen LogP contribution in [0.2, 0.25) is 0 Å². The van der Waals surface area contributed by atoms with Gasteiger partial charge in [-0.1, -0.05) is 22.0 Å². The summed E-state index contributed by atoms with van der Waals surface area (Å²) in [5, 5.41) is 0. The van der Waals surface area contributed by atoms with Crippen LogP contribution in [-0.4, -0.2) is 6.29 Å². The van der Waals surface area contributed by atoms with E-state index in [9.17, 15) is 13.6 Å². The molecule has 0 atom stereocenters. The number of hydrogen-bond acceptors (Lipinski definition) is 2. The monoisotopic (exact) mass is 326 g/mol. The van der Waals surface area contributed by atoms with Gasteiger partial charge in [0.1, 0.15) is 18.7 Å². The van der Waals surface area contributed by atoms with E-state index < -0.39 is 11.6 Å². The van der Waals surface area contributed by atoms with Gasteiger partial charge in [0.05, 0.1) is 0 Å². The molecule has 2 aromatic carbocycles. The Morgan fingerprint density at radius 2 is 1.89 bits per heavy atom. The average Bonchev–Trinajstić information content (AvgIpc) is 2.39. The topological polar surface area (TPSA) is 26.3 Å². The number of aldehydes is 1. The predicted octanol–water partition coefficient (Wildman–Crippen LogP) is 4.12. The molecule has 0 unspecified atom stereocenters. The summed E-state index contributed by atoms with van der Waals surface area (Å²) in [6.45, 7) is -0.0868. The van der Waals surface area contributed by atoms with Gasteiger partial charge in [-0.2, -0.15) is 0 Å². The van der Waals surface area contributed by atoms with Crippen molar-refractivity contribution in [3.8, 4) is 5.75 Å². The van der Waals surface area contributed by atoms with E-state index >= 15 is 0 Å². The van der Waals surface area contributed by atoms with Gasteiger partial charge in [-0.15, -0.1) is 0 Å². The lowest BCUT2D eigenvalue weighted by Crippen LogP contribution is -2.00. The van der Waals surface area contributed by atoms with Crippen molar-refractivity contribution in [2.75, 3.05) is 0 Å². The zero-order valence-corrected chi connectivity index (χ0v) is 11.3. The highest BCUT2D eigenvalue weighted by molar-refractivity contribution is 9.10. The molecule has 0 spiro atoms. The highest BCUT2D eigenvalue weighted by Gasteiger charge is 2.07. The number of halogens is 3. The molecule has 2 nitrogen and oxygen atoms in total. The van der Waals surface area contributed by atoms with Gasteiger partial charge < -0.3 is 4.74 Å². The molecule has 5 heteroatoms. The lowest BCUT2D eigenvalue weighted by atomic mass is 10.2. The Labute approximate surface area is 117 Å². The van der Waals surface area contributed by atoms with Crippen molar-refractivity contribution in [1.29, 1.82) is 0 Å².